The average molecular weight is 304 g/mol. The van der Waals surface area contributed by atoms with Gasteiger partial charge in [-0.1, -0.05) is 0 Å². The number of morpholine rings is 1. The third-order valence-corrected chi connectivity index (χ3v) is 3.75. The number of nitrogen functional groups attached to an aromatic ring is 1. The third-order valence-electron chi connectivity index (χ3n) is 3.75. The Labute approximate surface area is 128 Å². The number of hydrogen-bond acceptors (Lipinski definition) is 6. The van der Waals surface area contributed by atoms with Crippen LogP contribution >= 0.6 is 0 Å². The maximum Gasteiger partial charge on any atom is 0.258 e. The summed E-state index contributed by atoms with van der Waals surface area (Å²) in [6.07, 6.45) is 2.29. The van der Waals surface area contributed by atoms with E-state index in [9.17, 15) is 4.79 Å². The van der Waals surface area contributed by atoms with E-state index < -0.39 is 0 Å². The second-order valence-corrected chi connectivity index (χ2v) is 5.29. The van der Waals surface area contributed by atoms with Gasteiger partial charge in [0, 0.05) is 25.7 Å². The van der Waals surface area contributed by atoms with E-state index in [1.54, 1.807) is 12.1 Å². The van der Waals surface area contributed by atoms with E-state index in [1.165, 1.54) is 6.33 Å². The molecule has 118 valence electrons. The van der Waals surface area contributed by atoms with Gasteiger partial charge in [0.05, 0.1) is 42.7 Å². The van der Waals surface area contributed by atoms with Gasteiger partial charge in [0.15, 0.2) is 0 Å². The van der Waals surface area contributed by atoms with Crippen molar-refractivity contribution in [3.8, 4) is 5.75 Å². The minimum atomic E-state index is -0.199. The minimum absolute atomic E-state index is 0.199. The molecule has 1 aromatic heterocycles. The van der Waals surface area contributed by atoms with Gasteiger partial charge in [0.1, 0.15) is 5.75 Å². The lowest BCUT2D eigenvalue weighted by Gasteiger charge is -2.26. The number of hydrogen-bond donors (Lipinski definition) is 2. The Hall–Kier alpha value is -2.12. The molecule has 22 heavy (non-hydrogen) atoms. The van der Waals surface area contributed by atoms with Crippen LogP contribution in [0.2, 0.25) is 0 Å². The first-order valence-corrected chi connectivity index (χ1v) is 7.44. The van der Waals surface area contributed by atoms with Crippen LogP contribution in [-0.2, 0) is 4.74 Å². The second kappa shape index (κ2) is 6.76. The van der Waals surface area contributed by atoms with Crippen molar-refractivity contribution in [2.75, 3.05) is 45.2 Å². The second-order valence-electron chi connectivity index (χ2n) is 5.29. The summed E-state index contributed by atoms with van der Waals surface area (Å²) >= 11 is 0. The zero-order chi connectivity index (χ0) is 15.4. The third kappa shape index (κ3) is 3.37. The molecule has 0 bridgehead atoms. The lowest BCUT2D eigenvalue weighted by Crippen LogP contribution is -2.37. The van der Waals surface area contributed by atoms with E-state index >= 15 is 0 Å². The molecule has 3 rings (SSSR count). The number of aromatic nitrogens is 2. The molecule has 1 aromatic carbocycles. The van der Waals surface area contributed by atoms with Crippen molar-refractivity contribution in [2.24, 2.45) is 0 Å². The van der Waals surface area contributed by atoms with Crippen molar-refractivity contribution in [1.29, 1.82) is 0 Å². The Balaban J connectivity index is 1.59. The van der Waals surface area contributed by atoms with Gasteiger partial charge >= 0.3 is 0 Å². The first-order valence-electron chi connectivity index (χ1n) is 7.44. The molecule has 0 radical (unpaired) electrons. The SMILES string of the molecule is Nc1cc2c(=O)[nH]cnc2cc1OCCCN1CCOCC1. The quantitative estimate of drug-likeness (QED) is 0.621. The van der Waals surface area contributed by atoms with Gasteiger partial charge in [-0.05, 0) is 12.5 Å². The molecule has 2 aromatic rings. The number of nitrogens with one attached hydrogen (secondary N) is 1. The average Bonchev–Trinajstić information content (AvgIpc) is 2.54. The van der Waals surface area contributed by atoms with Crippen LogP contribution in [0.3, 0.4) is 0 Å². The van der Waals surface area contributed by atoms with E-state index in [1.807, 2.05) is 0 Å². The molecule has 1 aliphatic rings. The van der Waals surface area contributed by atoms with Crippen LogP contribution in [0.1, 0.15) is 6.42 Å². The zero-order valence-electron chi connectivity index (χ0n) is 12.4. The Kier molecular flexibility index (Phi) is 4.55. The van der Waals surface area contributed by atoms with Gasteiger partial charge < -0.3 is 20.2 Å². The summed E-state index contributed by atoms with van der Waals surface area (Å²) in [6.45, 7) is 5.12. The maximum atomic E-state index is 11.7. The van der Waals surface area contributed by atoms with Crippen molar-refractivity contribution < 1.29 is 9.47 Å². The number of nitrogens with zero attached hydrogens (tertiary/aromatic N) is 2. The molecule has 1 fully saturated rings. The fraction of sp³-hybridized carbons (Fsp3) is 0.467. The molecule has 7 nitrogen and oxygen atoms in total. The largest absolute Gasteiger partial charge is 0.491 e. The summed E-state index contributed by atoms with van der Waals surface area (Å²) in [4.78, 5) is 20.7. The van der Waals surface area contributed by atoms with Gasteiger partial charge in [-0.2, -0.15) is 0 Å². The number of anilines is 1. The van der Waals surface area contributed by atoms with E-state index in [0.717, 1.165) is 39.3 Å². The maximum absolute atomic E-state index is 11.7. The Morgan fingerprint density at radius 2 is 2.18 bits per heavy atom. The summed E-state index contributed by atoms with van der Waals surface area (Å²) in [5.41, 5.74) is 6.79. The fourth-order valence-electron chi connectivity index (χ4n) is 2.53. The molecule has 0 unspecified atom stereocenters. The normalized spacial score (nSPS) is 16.0. The van der Waals surface area contributed by atoms with Gasteiger partial charge in [-0.25, -0.2) is 4.98 Å². The first-order chi connectivity index (χ1) is 10.7. The van der Waals surface area contributed by atoms with Crippen LogP contribution in [0, 0.1) is 0 Å². The van der Waals surface area contributed by atoms with Crippen molar-refractivity contribution in [3.05, 3.63) is 28.8 Å². The fourth-order valence-corrected chi connectivity index (χ4v) is 2.53. The monoisotopic (exact) mass is 304 g/mol. The zero-order valence-corrected chi connectivity index (χ0v) is 12.4. The number of nitrogens with two attached hydrogens (primary N) is 1. The van der Waals surface area contributed by atoms with Crippen LogP contribution in [-0.4, -0.2) is 54.3 Å². The van der Waals surface area contributed by atoms with Crippen LogP contribution in [0.25, 0.3) is 10.9 Å². The van der Waals surface area contributed by atoms with Crippen LogP contribution < -0.4 is 16.0 Å². The minimum Gasteiger partial charge on any atom is -0.491 e. The molecule has 7 heteroatoms. The van der Waals surface area contributed by atoms with Crippen molar-refractivity contribution in [3.63, 3.8) is 0 Å². The van der Waals surface area contributed by atoms with E-state index in [2.05, 4.69) is 14.9 Å². The summed E-state index contributed by atoms with van der Waals surface area (Å²) < 4.78 is 11.1. The highest BCUT2D eigenvalue weighted by atomic mass is 16.5. The highest BCUT2D eigenvalue weighted by Crippen LogP contribution is 2.25. The van der Waals surface area contributed by atoms with Crippen LogP contribution in [0.5, 0.6) is 5.75 Å². The van der Waals surface area contributed by atoms with Gasteiger partial charge in [-0.15, -0.1) is 0 Å². The smallest absolute Gasteiger partial charge is 0.258 e. The van der Waals surface area contributed by atoms with Gasteiger partial charge in [0.25, 0.3) is 5.56 Å². The Morgan fingerprint density at radius 1 is 1.36 bits per heavy atom. The highest BCUT2D eigenvalue weighted by Gasteiger charge is 2.10. The van der Waals surface area contributed by atoms with Crippen LogP contribution in [0.4, 0.5) is 5.69 Å². The van der Waals surface area contributed by atoms with Crippen molar-refractivity contribution in [2.45, 2.75) is 6.42 Å². The molecule has 1 aliphatic heterocycles. The van der Waals surface area contributed by atoms with Gasteiger partial charge in [0.2, 0.25) is 0 Å². The molecular formula is C15H20N4O3. The van der Waals surface area contributed by atoms with E-state index in [4.69, 9.17) is 15.2 Å². The Morgan fingerprint density at radius 3 is 3.00 bits per heavy atom. The number of aromatic amines is 1. The lowest BCUT2D eigenvalue weighted by molar-refractivity contribution is 0.0358. The summed E-state index contributed by atoms with van der Waals surface area (Å²) in [6, 6.07) is 3.33. The molecule has 0 atom stereocenters. The molecule has 0 amide bonds. The predicted molar refractivity (Wildman–Crippen MR) is 84.1 cm³/mol. The lowest BCUT2D eigenvalue weighted by atomic mass is 10.2. The molecule has 1 saturated heterocycles. The summed E-state index contributed by atoms with van der Waals surface area (Å²) in [5.74, 6) is 0.576. The predicted octanol–water partition coefficient (Wildman–Crippen LogP) is 0.606. The number of ether oxygens (including phenoxy) is 2. The molecule has 2 heterocycles. The topological polar surface area (TPSA) is 93.5 Å². The first kappa shape index (κ1) is 14.8. The number of benzene rings is 1. The highest BCUT2D eigenvalue weighted by molar-refractivity contribution is 5.84. The molecular weight excluding hydrogens is 284 g/mol. The number of fused-ring (bicyclic) bond motifs is 1. The standard InChI is InChI=1S/C15H20N4O3/c16-12-8-11-13(17-10-18-15(11)20)9-14(12)22-5-1-2-19-3-6-21-7-4-19/h8-10H,1-7,16H2,(H,17,18,20). The number of rotatable bonds is 5. The Bertz CT molecular complexity index is 695. The summed E-state index contributed by atoms with van der Waals surface area (Å²) in [5, 5.41) is 0.473. The van der Waals surface area contributed by atoms with Gasteiger partial charge in [-0.3, -0.25) is 9.69 Å². The van der Waals surface area contributed by atoms with E-state index in [-0.39, 0.29) is 5.56 Å². The molecule has 3 N–H and O–H groups in total. The van der Waals surface area contributed by atoms with Crippen LogP contribution in [0.15, 0.2) is 23.3 Å². The number of H-pyrrole nitrogens is 1. The van der Waals surface area contributed by atoms with Crippen molar-refractivity contribution >= 4 is 16.6 Å². The molecule has 0 spiro atoms. The summed E-state index contributed by atoms with van der Waals surface area (Å²) in [7, 11) is 0. The van der Waals surface area contributed by atoms with Crippen molar-refractivity contribution in [1.82, 2.24) is 14.9 Å². The van der Waals surface area contributed by atoms with E-state index in [0.29, 0.717) is 28.9 Å². The molecule has 0 saturated carbocycles. The molecule has 0 aliphatic carbocycles.